The second kappa shape index (κ2) is 10.4. The van der Waals surface area contributed by atoms with Crippen molar-refractivity contribution in [3.05, 3.63) is 0 Å². The van der Waals surface area contributed by atoms with Gasteiger partial charge in [-0.3, -0.25) is 0 Å². The van der Waals surface area contributed by atoms with Crippen molar-refractivity contribution in [2.24, 2.45) is 11.8 Å². The maximum absolute atomic E-state index is 11.3. The van der Waals surface area contributed by atoms with E-state index < -0.39 is 0 Å². The van der Waals surface area contributed by atoms with Crippen LogP contribution in [-0.4, -0.2) is 19.1 Å². The van der Waals surface area contributed by atoms with Crippen LogP contribution in [0.3, 0.4) is 0 Å². The number of carbonyl (C=O) groups is 1. The van der Waals surface area contributed by atoms with Crippen LogP contribution in [0.1, 0.15) is 59.8 Å². The predicted octanol–water partition coefficient (Wildman–Crippen LogP) is 3.55. The van der Waals surface area contributed by atoms with Gasteiger partial charge in [-0.05, 0) is 24.7 Å². The van der Waals surface area contributed by atoms with Crippen LogP contribution in [0.15, 0.2) is 0 Å². The Kier molecular flexibility index (Phi) is 9.98. The molecule has 0 spiro atoms. The van der Waals surface area contributed by atoms with Gasteiger partial charge in [-0.15, -0.1) is 0 Å². The van der Waals surface area contributed by atoms with E-state index in [1.165, 1.54) is 19.3 Å². The quantitative estimate of drug-likeness (QED) is 0.596. The molecule has 0 aromatic heterocycles. The summed E-state index contributed by atoms with van der Waals surface area (Å²) in [6.07, 6.45) is 5.91. The largest absolute Gasteiger partial charge is 0.338 e. The van der Waals surface area contributed by atoms with Crippen molar-refractivity contribution in [2.75, 3.05) is 13.1 Å². The number of urea groups is 1. The van der Waals surface area contributed by atoms with Crippen LogP contribution in [0.5, 0.6) is 0 Å². The summed E-state index contributed by atoms with van der Waals surface area (Å²) in [7, 11) is 0. The zero-order chi connectivity index (χ0) is 13.1. The van der Waals surface area contributed by atoms with E-state index in [1.54, 1.807) is 0 Å². The fourth-order valence-electron chi connectivity index (χ4n) is 1.59. The number of amides is 2. The highest BCUT2D eigenvalue weighted by atomic mass is 16.2. The normalized spacial score (nSPS) is 10.9. The van der Waals surface area contributed by atoms with Crippen LogP contribution >= 0.6 is 0 Å². The summed E-state index contributed by atoms with van der Waals surface area (Å²) >= 11 is 0. The van der Waals surface area contributed by atoms with E-state index in [0.717, 1.165) is 31.8 Å². The summed E-state index contributed by atoms with van der Waals surface area (Å²) in [6, 6.07) is -0.0190. The molecule has 2 N–H and O–H groups in total. The second-order valence-electron chi connectivity index (χ2n) is 5.61. The highest BCUT2D eigenvalue weighted by Gasteiger charge is 2.00. The average Bonchev–Trinajstić information content (AvgIpc) is 2.22. The smallest absolute Gasteiger partial charge is 0.314 e. The van der Waals surface area contributed by atoms with Gasteiger partial charge in [0.25, 0.3) is 0 Å². The third-order valence-corrected chi connectivity index (χ3v) is 2.75. The minimum Gasteiger partial charge on any atom is -0.338 e. The Labute approximate surface area is 107 Å². The number of nitrogens with one attached hydrogen (secondary N) is 2. The lowest BCUT2D eigenvalue weighted by molar-refractivity contribution is 0.240. The molecule has 3 nitrogen and oxygen atoms in total. The molecule has 2 amide bonds. The molecule has 0 bridgehead atoms. The summed E-state index contributed by atoms with van der Waals surface area (Å²) in [6.45, 7) is 10.4. The lowest BCUT2D eigenvalue weighted by Crippen LogP contribution is -2.36. The van der Waals surface area contributed by atoms with Gasteiger partial charge in [-0.1, -0.05) is 47.0 Å². The zero-order valence-electron chi connectivity index (χ0n) is 12.0. The van der Waals surface area contributed by atoms with Gasteiger partial charge < -0.3 is 10.6 Å². The molecule has 17 heavy (non-hydrogen) atoms. The first-order valence-electron chi connectivity index (χ1n) is 7.04. The Morgan fingerprint density at radius 1 is 0.824 bits per heavy atom. The summed E-state index contributed by atoms with van der Waals surface area (Å²) in [5, 5.41) is 5.77. The molecule has 0 aliphatic rings. The molecule has 0 rings (SSSR count). The molecular formula is C14H30N2O. The Hall–Kier alpha value is -0.730. The van der Waals surface area contributed by atoms with Crippen LogP contribution in [0.4, 0.5) is 4.79 Å². The minimum atomic E-state index is -0.0190. The fraction of sp³-hybridized carbons (Fsp3) is 0.929. The van der Waals surface area contributed by atoms with Crippen LogP contribution < -0.4 is 10.6 Å². The van der Waals surface area contributed by atoms with Crippen LogP contribution in [-0.2, 0) is 0 Å². The first kappa shape index (κ1) is 16.3. The van der Waals surface area contributed by atoms with Gasteiger partial charge in [0.1, 0.15) is 0 Å². The van der Waals surface area contributed by atoms with Crippen molar-refractivity contribution in [1.82, 2.24) is 10.6 Å². The van der Waals surface area contributed by atoms with Gasteiger partial charge in [-0.25, -0.2) is 4.79 Å². The van der Waals surface area contributed by atoms with Crippen molar-refractivity contribution in [2.45, 2.75) is 59.8 Å². The third kappa shape index (κ3) is 13.2. The number of carbonyl (C=O) groups excluding carboxylic acids is 1. The molecule has 0 fully saturated rings. The maximum atomic E-state index is 11.3. The molecule has 0 saturated heterocycles. The first-order valence-corrected chi connectivity index (χ1v) is 7.04. The van der Waals surface area contributed by atoms with E-state index in [4.69, 9.17) is 0 Å². The van der Waals surface area contributed by atoms with Gasteiger partial charge in [0, 0.05) is 13.1 Å². The molecule has 0 aliphatic carbocycles. The van der Waals surface area contributed by atoms with Gasteiger partial charge in [0.2, 0.25) is 0 Å². The van der Waals surface area contributed by atoms with Gasteiger partial charge >= 0.3 is 6.03 Å². The molecule has 0 heterocycles. The van der Waals surface area contributed by atoms with Crippen LogP contribution in [0.2, 0.25) is 0 Å². The van der Waals surface area contributed by atoms with Gasteiger partial charge in [0.05, 0.1) is 0 Å². The molecule has 102 valence electrons. The second-order valence-corrected chi connectivity index (χ2v) is 5.61. The molecule has 0 saturated carbocycles. The molecule has 0 unspecified atom stereocenters. The summed E-state index contributed by atoms with van der Waals surface area (Å²) < 4.78 is 0. The fourth-order valence-corrected chi connectivity index (χ4v) is 1.59. The highest BCUT2D eigenvalue weighted by Crippen LogP contribution is 2.07. The lowest BCUT2D eigenvalue weighted by atomic mass is 10.1. The monoisotopic (exact) mass is 242 g/mol. The average molecular weight is 242 g/mol. The van der Waals surface area contributed by atoms with Crippen LogP contribution in [0, 0.1) is 11.8 Å². The Balaban J connectivity index is 3.22. The van der Waals surface area contributed by atoms with Crippen LogP contribution in [0.25, 0.3) is 0 Å². The molecule has 0 aliphatic heterocycles. The number of hydrogen-bond acceptors (Lipinski definition) is 1. The van der Waals surface area contributed by atoms with Gasteiger partial charge in [0.15, 0.2) is 0 Å². The van der Waals surface area contributed by atoms with Crippen molar-refractivity contribution in [3.63, 3.8) is 0 Å². The Morgan fingerprint density at radius 3 is 2.00 bits per heavy atom. The van der Waals surface area contributed by atoms with Gasteiger partial charge in [-0.2, -0.15) is 0 Å². The summed E-state index contributed by atoms with van der Waals surface area (Å²) in [4.78, 5) is 11.3. The Bertz CT molecular complexity index is 191. The molecule has 0 aromatic carbocycles. The van der Waals surface area contributed by atoms with E-state index in [-0.39, 0.29) is 6.03 Å². The number of unbranched alkanes of at least 4 members (excludes halogenated alkanes) is 2. The standard InChI is InChI=1S/C14H30N2O/c1-12(2)8-6-5-7-10-15-14(17)16-11-9-13(3)4/h12-13H,5-11H2,1-4H3,(H2,15,16,17). The zero-order valence-corrected chi connectivity index (χ0v) is 12.0. The number of rotatable bonds is 9. The first-order chi connectivity index (χ1) is 8.02. The van der Waals surface area contributed by atoms with Crippen molar-refractivity contribution in [1.29, 1.82) is 0 Å². The van der Waals surface area contributed by atoms with E-state index in [9.17, 15) is 4.79 Å². The van der Waals surface area contributed by atoms with Crippen molar-refractivity contribution in [3.8, 4) is 0 Å². The predicted molar refractivity (Wildman–Crippen MR) is 74.2 cm³/mol. The van der Waals surface area contributed by atoms with E-state index in [0.29, 0.717) is 5.92 Å². The van der Waals surface area contributed by atoms with Crippen molar-refractivity contribution < 1.29 is 4.79 Å². The summed E-state index contributed by atoms with van der Waals surface area (Å²) in [5.74, 6) is 1.44. The van der Waals surface area contributed by atoms with E-state index >= 15 is 0 Å². The minimum absolute atomic E-state index is 0.0190. The van der Waals surface area contributed by atoms with E-state index in [2.05, 4.69) is 38.3 Å². The van der Waals surface area contributed by atoms with E-state index in [1.807, 2.05) is 0 Å². The molecular weight excluding hydrogens is 212 g/mol. The molecule has 0 radical (unpaired) electrons. The summed E-state index contributed by atoms with van der Waals surface area (Å²) in [5.41, 5.74) is 0. The lowest BCUT2D eigenvalue weighted by Gasteiger charge is -2.09. The molecule has 0 aromatic rings. The molecule has 0 atom stereocenters. The SMILES string of the molecule is CC(C)CCCCCNC(=O)NCCC(C)C. The number of hydrogen-bond donors (Lipinski definition) is 2. The Morgan fingerprint density at radius 2 is 1.41 bits per heavy atom. The van der Waals surface area contributed by atoms with Crippen molar-refractivity contribution >= 4 is 6.03 Å². The third-order valence-electron chi connectivity index (χ3n) is 2.75. The topological polar surface area (TPSA) is 41.1 Å². The highest BCUT2D eigenvalue weighted by molar-refractivity contribution is 5.73. The maximum Gasteiger partial charge on any atom is 0.314 e. The molecule has 3 heteroatoms.